The Balaban J connectivity index is 4.54. The van der Waals surface area contributed by atoms with Crippen molar-refractivity contribution in [2.75, 3.05) is 26.4 Å². The van der Waals surface area contributed by atoms with E-state index in [1.807, 2.05) is 54.7 Å². The van der Waals surface area contributed by atoms with Crippen molar-refractivity contribution in [1.29, 1.82) is 0 Å². The zero-order valence-corrected chi connectivity index (χ0v) is 28.2. The number of rotatable bonds is 28. The molecule has 9 nitrogen and oxygen atoms in total. The van der Waals surface area contributed by atoms with Gasteiger partial charge in [0.15, 0.2) is 6.10 Å². The smallest absolute Gasteiger partial charge is 0.462 e. The third kappa shape index (κ3) is 31.0. The van der Waals surface area contributed by atoms with Crippen molar-refractivity contribution >= 4 is 19.8 Å². The number of hydrogen-bond donors (Lipinski definition) is 2. The monoisotopic (exact) mass is 649 g/mol. The SMILES string of the molecule is CC/C=C/C=C/C=C/C=C/C=C/CCCC(=O)OC(COC(=O)CCCCC/C=C/C=C/CCCC)COP(=O)(O)OCCN. The number of phosphoric ester groups is 1. The largest absolute Gasteiger partial charge is 0.472 e. The number of unbranched alkanes of at least 4 members (excludes halogenated alkanes) is 6. The molecule has 0 saturated heterocycles. The summed E-state index contributed by atoms with van der Waals surface area (Å²) in [4.78, 5) is 34.5. The standard InChI is InChI=1S/C35H56NO8P/c1-3-5-7-9-11-13-15-16-18-20-22-24-26-28-35(38)44-33(32-43-45(39,40)42-30-29-36)31-41-34(37)27-25-23-21-19-17-14-12-10-8-6-4-2/h5,7,9-18,20,22,33H,3-4,6,8,19,21,23-32,36H2,1-2H3,(H,39,40)/b7-5+,11-9+,12-10+,15-13+,17-14+,18-16+,22-20+. The first-order chi connectivity index (χ1) is 21.8. The summed E-state index contributed by atoms with van der Waals surface area (Å²) in [5.41, 5.74) is 5.30. The molecule has 0 aromatic rings. The highest BCUT2D eigenvalue weighted by atomic mass is 31.2. The lowest BCUT2D eigenvalue weighted by molar-refractivity contribution is -0.161. The Labute approximate surface area is 271 Å². The van der Waals surface area contributed by atoms with Gasteiger partial charge in [-0.3, -0.25) is 18.6 Å². The number of esters is 2. The Kier molecular flexibility index (Phi) is 29.2. The van der Waals surface area contributed by atoms with Crippen LogP contribution in [0, 0.1) is 0 Å². The maximum Gasteiger partial charge on any atom is 0.472 e. The quantitative estimate of drug-likeness (QED) is 0.0373. The van der Waals surface area contributed by atoms with Gasteiger partial charge in [-0.15, -0.1) is 0 Å². The fourth-order valence-electron chi connectivity index (χ4n) is 3.52. The molecule has 0 aliphatic rings. The van der Waals surface area contributed by atoms with Gasteiger partial charge in [-0.2, -0.15) is 0 Å². The second-order valence-electron chi connectivity index (χ2n) is 10.1. The first-order valence-electron chi connectivity index (χ1n) is 16.1. The Hall–Kier alpha value is -2.81. The van der Waals surface area contributed by atoms with Gasteiger partial charge in [0.25, 0.3) is 0 Å². The summed E-state index contributed by atoms with van der Waals surface area (Å²) in [5, 5.41) is 0. The lowest BCUT2D eigenvalue weighted by Gasteiger charge is -2.19. The van der Waals surface area contributed by atoms with Crippen molar-refractivity contribution < 1.29 is 37.6 Å². The lowest BCUT2D eigenvalue weighted by atomic mass is 10.1. The molecule has 0 aliphatic heterocycles. The predicted molar refractivity (Wildman–Crippen MR) is 182 cm³/mol. The summed E-state index contributed by atoms with van der Waals surface area (Å²) in [6, 6.07) is 0. The van der Waals surface area contributed by atoms with Crippen molar-refractivity contribution in [3.63, 3.8) is 0 Å². The first-order valence-corrected chi connectivity index (χ1v) is 17.6. The lowest BCUT2D eigenvalue weighted by Crippen LogP contribution is -2.29. The summed E-state index contributed by atoms with van der Waals surface area (Å²) in [6.07, 6.45) is 36.4. The van der Waals surface area contributed by atoms with E-state index in [0.29, 0.717) is 19.3 Å². The first kappa shape index (κ1) is 42.2. The molecule has 0 spiro atoms. The second-order valence-corrected chi connectivity index (χ2v) is 11.5. The molecule has 0 fully saturated rings. The molecule has 10 heteroatoms. The highest BCUT2D eigenvalue weighted by Crippen LogP contribution is 2.43. The zero-order chi connectivity index (χ0) is 33.3. The predicted octanol–water partition coefficient (Wildman–Crippen LogP) is 8.15. The van der Waals surface area contributed by atoms with E-state index < -0.39 is 32.5 Å². The van der Waals surface area contributed by atoms with Gasteiger partial charge in [-0.25, -0.2) is 4.57 Å². The van der Waals surface area contributed by atoms with Crippen molar-refractivity contribution in [2.24, 2.45) is 5.73 Å². The number of hydrogen-bond acceptors (Lipinski definition) is 8. The molecule has 0 amide bonds. The molecule has 2 atom stereocenters. The molecule has 254 valence electrons. The van der Waals surface area contributed by atoms with Crippen LogP contribution in [0.3, 0.4) is 0 Å². The topological polar surface area (TPSA) is 134 Å². The summed E-state index contributed by atoms with van der Waals surface area (Å²) in [7, 11) is -4.39. The molecular formula is C35H56NO8P. The fourth-order valence-corrected chi connectivity index (χ4v) is 4.29. The number of carbonyl (C=O) groups is 2. The molecule has 45 heavy (non-hydrogen) atoms. The zero-order valence-electron chi connectivity index (χ0n) is 27.3. The Morgan fingerprint density at radius 1 is 0.689 bits per heavy atom. The minimum Gasteiger partial charge on any atom is -0.462 e. The van der Waals surface area contributed by atoms with Crippen LogP contribution in [0.1, 0.15) is 90.9 Å². The van der Waals surface area contributed by atoms with Crippen molar-refractivity contribution in [3.05, 3.63) is 85.1 Å². The fraction of sp³-hybridized carbons (Fsp3) is 0.543. The summed E-state index contributed by atoms with van der Waals surface area (Å²) in [5.74, 6) is -0.964. The van der Waals surface area contributed by atoms with Gasteiger partial charge in [0, 0.05) is 19.4 Å². The van der Waals surface area contributed by atoms with Crippen LogP contribution in [0.5, 0.6) is 0 Å². The van der Waals surface area contributed by atoms with Crippen molar-refractivity contribution in [1.82, 2.24) is 0 Å². The van der Waals surface area contributed by atoms with Crippen LogP contribution in [0.25, 0.3) is 0 Å². The van der Waals surface area contributed by atoms with Gasteiger partial charge in [0.2, 0.25) is 0 Å². The van der Waals surface area contributed by atoms with E-state index in [-0.39, 0.29) is 32.6 Å². The molecule has 0 rings (SSSR count). The van der Waals surface area contributed by atoms with E-state index in [1.165, 1.54) is 12.8 Å². The summed E-state index contributed by atoms with van der Waals surface area (Å²) in [6.45, 7) is 3.35. The van der Waals surface area contributed by atoms with Crippen molar-refractivity contribution in [2.45, 2.75) is 97.0 Å². The van der Waals surface area contributed by atoms with Crippen LogP contribution in [-0.2, 0) is 32.7 Å². The Morgan fingerprint density at radius 3 is 1.87 bits per heavy atom. The van der Waals surface area contributed by atoms with E-state index in [2.05, 4.69) is 44.2 Å². The molecule has 0 aromatic heterocycles. The molecule has 0 bridgehead atoms. The van der Waals surface area contributed by atoms with Crippen LogP contribution in [0.4, 0.5) is 0 Å². The van der Waals surface area contributed by atoms with Gasteiger partial charge < -0.3 is 20.1 Å². The second kappa shape index (κ2) is 31.2. The molecule has 2 unspecified atom stereocenters. The Morgan fingerprint density at radius 2 is 1.24 bits per heavy atom. The Bertz CT molecular complexity index is 1010. The van der Waals surface area contributed by atoms with E-state index in [1.54, 1.807) is 0 Å². The van der Waals surface area contributed by atoms with Gasteiger partial charge in [-0.1, -0.05) is 118 Å². The van der Waals surface area contributed by atoms with E-state index in [0.717, 1.165) is 32.1 Å². The minimum absolute atomic E-state index is 0.0333. The van der Waals surface area contributed by atoms with Crippen LogP contribution in [0.15, 0.2) is 85.1 Å². The maximum atomic E-state index is 12.4. The summed E-state index contributed by atoms with van der Waals surface area (Å²) < 4.78 is 32.4. The highest BCUT2D eigenvalue weighted by Gasteiger charge is 2.25. The number of phosphoric acid groups is 1. The molecular weight excluding hydrogens is 593 g/mol. The number of allylic oxidation sites excluding steroid dienone is 14. The minimum atomic E-state index is -4.39. The number of nitrogens with two attached hydrogens (primary N) is 1. The van der Waals surface area contributed by atoms with Crippen molar-refractivity contribution in [3.8, 4) is 0 Å². The maximum absolute atomic E-state index is 12.4. The van der Waals surface area contributed by atoms with E-state index in [4.69, 9.17) is 24.3 Å². The normalized spacial score (nSPS) is 14.7. The van der Waals surface area contributed by atoms with Gasteiger partial charge in [0.05, 0.1) is 13.2 Å². The average Bonchev–Trinajstić information content (AvgIpc) is 3.02. The molecule has 3 N–H and O–H groups in total. The molecule has 0 radical (unpaired) electrons. The number of ether oxygens (including phenoxy) is 2. The van der Waals surface area contributed by atoms with Gasteiger partial charge >= 0.3 is 19.8 Å². The molecule has 0 saturated carbocycles. The third-order valence-corrected chi connectivity index (χ3v) is 6.91. The van der Waals surface area contributed by atoms with Crippen LogP contribution in [0.2, 0.25) is 0 Å². The van der Waals surface area contributed by atoms with Crippen LogP contribution in [-0.4, -0.2) is 49.3 Å². The molecule has 0 aromatic carbocycles. The highest BCUT2D eigenvalue weighted by molar-refractivity contribution is 7.47. The molecule has 0 heterocycles. The van der Waals surface area contributed by atoms with Crippen LogP contribution < -0.4 is 5.73 Å². The third-order valence-electron chi connectivity index (χ3n) is 5.92. The molecule has 0 aliphatic carbocycles. The average molecular weight is 650 g/mol. The van der Waals surface area contributed by atoms with Gasteiger partial charge in [0.1, 0.15) is 6.61 Å². The summed E-state index contributed by atoms with van der Waals surface area (Å²) >= 11 is 0. The number of carbonyl (C=O) groups excluding carboxylic acids is 2. The van der Waals surface area contributed by atoms with E-state index in [9.17, 15) is 19.0 Å². The van der Waals surface area contributed by atoms with E-state index >= 15 is 0 Å². The van der Waals surface area contributed by atoms with Gasteiger partial charge in [-0.05, 0) is 44.9 Å². The van der Waals surface area contributed by atoms with Crippen LogP contribution >= 0.6 is 7.82 Å².